The van der Waals surface area contributed by atoms with E-state index in [0.717, 1.165) is 23.1 Å². The van der Waals surface area contributed by atoms with Gasteiger partial charge in [0.15, 0.2) is 0 Å². The van der Waals surface area contributed by atoms with Crippen LogP contribution in [0.4, 0.5) is 4.39 Å². The van der Waals surface area contributed by atoms with E-state index in [0.29, 0.717) is 19.7 Å². The second kappa shape index (κ2) is 7.85. The van der Waals surface area contributed by atoms with Gasteiger partial charge in [-0.05, 0) is 29.8 Å². The van der Waals surface area contributed by atoms with Gasteiger partial charge in [0.1, 0.15) is 11.9 Å². The van der Waals surface area contributed by atoms with Gasteiger partial charge in [0, 0.05) is 19.6 Å². The lowest BCUT2D eigenvalue weighted by atomic mass is 10.1. The molecule has 1 aliphatic rings. The number of morpholine rings is 1. The molecule has 1 aliphatic heterocycles. The Balaban J connectivity index is 1.59. The molecule has 7 heteroatoms. The molecular formula is C20H21FN4O2. The number of imidazole rings is 1. The second-order valence-electron chi connectivity index (χ2n) is 6.56. The monoisotopic (exact) mass is 368 g/mol. The van der Waals surface area contributed by atoms with Crippen LogP contribution >= 0.6 is 0 Å². The number of ether oxygens (including phenoxy) is 1. The van der Waals surface area contributed by atoms with Gasteiger partial charge in [0.25, 0.3) is 5.91 Å². The van der Waals surface area contributed by atoms with E-state index in [4.69, 9.17) is 4.74 Å². The number of nitrogens with zero attached hydrogens (tertiary/aromatic N) is 2. The summed E-state index contributed by atoms with van der Waals surface area (Å²) in [7, 11) is 0. The van der Waals surface area contributed by atoms with Crippen molar-refractivity contribution in [1.29, 1.82) is 0 Å². The van der Waals surface area contributed by atoms with Crippen molar-refractivity contribution in [2.45, 2.75) is 18.7 Å². The Bertz CT molecular complexity index is 919. The minimum absolute atomic E-state index is 0.180. The van der Waals surface area contributed by atoms with Gasteiger partial charge in [-0.3, -0.25) is 4.79 Å². The summed E-state index contributed by atoms with van der Waals surface area (Å²) in [6.45, 7) is 2.21. The van der Waals surface area contributed by atoms with Crippen molar-refractivity contribution in [3.05, 3.63) is 66.2 Å². The van der Waals surface area contributed by atoms with Crippen molar-refractivity contribution in [3.8, 4) is 0 Å². The van der Waals surface area contributed by atoms with Crippen LogP contribution in [0.2, 0.25) is 0 Å². The highest BCUT2D eigenvalue weighted by molar-refractivity contribution is 5.81. The molecule has 4 rings (SSSR count). The maximum absolute atomic E-state index is 13.4. The van der Waals surface area contributed by atoms with Crippen molar-refractivity contribution in [1.82, 2.24) is 20.2 Å². The molecule has 1 saturated heterocycles. The van der Waals surface area contributed by atoms with Gasteiger partial charge in [-0.1, -0.05) is 24.3 Å². The van der Waals surface area contributed by atoms with Crippen molar-refractivity contribution in [3.63, 3.8) is 0 Å². The molecule has 2 aromatic carbocycles. The van der Waals surface area contributed by atoms with E-state index in [2.05, 4.69) is 15.6 Å². The Labute approximate surface area is 156 Å². The molecule has 0 radical (unpaired) electrons. The Hall–Kier alpha value is -2.77. The zero-order chi connectivity index (χ0) is 18.6. The summed E-state index contributed by atoms with van der Waals surface area (Å²) in [6.07, 6.45) is 1.23. The van der Waals surface area contributed by atoms with Crippen LogP contribution in [0.5, 0.6) is 0 Å². The van der Waals surface area contributed by atoms with Crippen LogP contribution in [0.3, 0.4) is 0 Å². The van der Waals surface area contributed by atoms with Gasteiger partial charge in [0.2, 0.25) is 0 Å². The number of benzene rings is 2. The molecule has 1 amide bonds. The average Bonchev–Trinajstić information content (AvgIpc) is 3.12. The number of hydrogen-bond acceptors (Lipinski definition) is 4. The summed E-state index contributed by atoms with van der Waals surface area (Å²) < 4.78 is 20.9. The van der Waals surface area contributed by atoms with E-state index in [1.54, 1.807) is 18.5 Å². The van der Waals surface area contributed by atoms with Gasteiger partial charge in [-0.25, -0.2) is 9.37 Å². The van der Waals surface area contributed by atoms with Crippen LogP contribution < -0.4 is 10.6 Å². The van der Waals surface area contributed by atoms with Gasteiger partial charge in [-0.2, -0.15) is 0 Å². The van der Waals surface area contributed by atoms with Crippen LogP contribution in [0.15, 0.2) is 54.9 Å². The zero-order valence-corrected chi connectivity index (χ0v) is 14.8. The van der Waals surface area contributed by atoms with Gasteiger partial charge in [0.05, 0.1) is 30.0 Å². The first kappa shape index (κ1) is 17.6. The smallest absolute Gasteiger partial charge is 0.251 e. The third-order valence-electron chi connectivity index (χ3n) is 4.72. The Morgan fingerprint density at radius 1 is 1.30 bits per heavy atom. The van der Waals surface area contributed by atoms with E-state index in [9.17, 15) is 9.18 Å². The van der Waals surface area contributed by atoms with Gasteiger partial charge < -0.3 is 19.9 Å². The number of aromatic nitrogens is 2. The molecule has 2 atom stereocenters. The fourth-order valence-corrected chi connectivity index (χ4v) is 3.28. The lowest BCUT2D eigenvalue weighted by Crippen LogP contribution is -2.49. The quantitative estimate of drug-likeness (QED) is 0.723. The molecule has 6 nitrogen and oxygen atoms in total. The SMILES string of the molecule is O=C(NC(Cn1cnc2ccccc21)c1ccc(F)cc1)C1CNCCO1. The molecule has 1 aromatic heterocycles. The number of carbonyl (C=O) groups is 1. The van der Waals surface area contributed by atoms with Crippen molar-refractivity contribution < 1.29 is 13.9 Å². The van der Waals surface area contributed by atoms with Crippen molar-refractivity contribution in [2.24, 2.45) is 0 Å². The Kier molecular flexibility index (Phi) is 5.13. The first-order valence-corrected chi connectivity index (χ1v) is 8.99. The predicted molar refractivity (Wildman–Crippen MR) is 99.6 cm³/mol. The lowest BCUT2D eigenvalue weighted by Gasteiger charge is -2.26. The predicted octanol–water partition coefficient (Wildman–Crippen LogP) is 2.02. The number of amides is 1. The van der Waals surface area contributed by atoms with E-state index >= 15 is 0 Å². The van der Waals surface area contributed by atoms with Crippen molar-refractivity contribution >= 4 is 16.9 Å². The second-order valence-corrected chi connectivity index (χ2v) is 6.56. The fourth-order valence-electron chi connectivity index (χ4n) is 3.28. The van der Waals surface area contributed by atoms with E-state index < -0.39 is 6.10 Å². The summed E-state index contributed by atoms with van der Waals surface area (Å²) in [5.41, 5.74) is 2.70. The molecule has 1 fully saturated rings. The zero-order valence-electron chi connectivity index (χ0n) is 14.8. The molecule has 0 saturated carbocycles. The molecule has 0 aliphatic carbocycles. The van der Waals surface area contributed by atoms with Crippen LogP contribution in [0.1, 0.15) is 11.6 Å². The van der Waals surface area contributed by atoms with Crippen molar-refractivity contribution in [2.75, 3.05) is 19.7 Å². The van der Waals surface area contributed by atoms with Crippen LogP contribution in [-0.2, 0) is 16.1 Å². The number of carbonyl (C=O) groups excluding carboxylic acids is 1. The van der Waals surface area contributed by atoms with Gasteiger partial charge >= 0.3 is 0 Å². The highest BCUT2D eigenvalue weighted by Crippen LogP contribution is 2.20. The molecule has 27 heavy (non-hydrogen) atoms. The molecule has 2 unspecified atom stereocenters. The molecule has 0 bridgehead atoms. The standard InChI is InChI=1S/C20H21FN4O2/c21-15-7-5-14(6-8-15)17(24-20(26)19-11-22-9-10-27-19)12-25-13-23-16-3-1-2-4-18(16)25/h1-8,13,17,19,22H,9-12H2,(H,24,26). The van der Waals surface area contributed by atoms with E-state index in [1.807, 2.05) is 28.8 Å². The minimum atomic E-state index is -0.527. The summed E-state index contributed by atoms with van der Waals surface area (Å²) in [5, 5.41) is 6.21. The first-order valence-electron chi connectivity index (χ1n) is 8.99. The maximum atomic E-state index is 13.4. The highest BCUT2D eigenvalue weighted by Gasteiger charge is 2.25. The number of rotatable bonds is 5. The summed E-state index contributed by atoms with van der Waals surface area (Å²) >= 11 is 0. The number of para-hydroxylation sites is 2. The normalized spacial score (nSPS) is 18.3. The fraction of sp³-hybridized carbons (Fsp3) is 0.300. The number of halogens is 1. The Morgan fingerprint density at radius 2 is 2.11 bits per heavy atom. The minimum Gasteiger partial charge on any atom is -0.366 e. The van der Waals surface area contributed by atoms with Crippen LogP contribution in [0.25, 0.3) is 11.0 Å². The number of nitrogens with one attached hydrogen (secondary N) is 2. The Morgan fingerprint density at radius 3 is 2.89 bits per heavy atom. The highest BCUT2D eigenvalue weighted by atomic mass is 19.1. The molecule has 2 heterocycles. The summed E-state index contributed by atoms with van der Waals surface area (Å²) in [4.78, 5) is 17.1. The molecule has 3 aromatic rings. The average molecular weight is 368 g/mol. The summed E-state index contributed by atoms with van der Waals surface area (Å²) in [6, 6.07) is 13.7. The third kappa shape index (κ3) is 3.99. The molecule has 2 N–H and O–H groups in total. The largest absolute Gasteiger partial charge is 0.366 e. The van der Waals surface area contributed by atoms with E-state index in [1.165, 1.54) is 12.1 Å². The topological polar surface area (TPSA) is 68.2 Å². The van der Waals surface area contributed by atoms with Gasteiger partial charge in [-0.15, -0.1) is 0 Å². The lowest BCUT2D eigenvalue weighted by molar-refractivity contribution is -0.135. The van der Waals surface area contributed by atoms with Crippen LogP contribution in [-0.4, -0.2) is 41.3 Å². The van der Waals surface area contributed by atoms with Crippen LogP contribution in [0, 0.1) is 5.82 Å². The summed E-state index contributed by atoms with van der Waals surface area (Å²) in [5.74, 6) is -0.488. The first-order chi connectivity index (χ1) is 13.2. The third-order valence-corrected chi connectivity index (χ3v) is 4.72. The molecule has 0 spiro atoms. The molecule has 140 valence electrons. The molecular weight excluding hydrogens is 347 g/mol. The number of fused-ring (bicyclic) bond motifs is 1. The number of hydrogen-bond donors (Lipinski definition) is 2. The maximum Gasteiger partial charge on any atom is 0.251 e. The van der Waals surface area contributed by atoms with E-state index in [-0.39, 0.29) is 17.8 Å².